The third kappa shape index (κ3) is 12.8. The molecule has 4 N–H and O–H groups in total. The second-order valence-electron chi connectivity index (χ2n) is 5.83. The molecule has 0 fully saturated rings. The second kappa shape index (κ2) is 13.0. The van der Waals surface area contributed by atoms with Gasteiger partial charge in [0.15, 0.2) is 0 Å². The summed E-state index contributed by atoms with van der Waals surface area (Å²) in [5, 5.41) is 37.5. The molecule has 126 valence electrons. The van der Waals surface area contributed by atoms with Gasteiger partial charge in [-0.3, -0.25) is 4.79 Å². The molecule has 0 saturated carbocycles. The molecule has 21 heavy (non-hydrogen) atoms. The molecule has 0 aromatic rings. The molecule has 0 rings (SSSR count). The largest absolute Gasteiger partial charge is 0.481 e. The van der Waals surface area contributed by atoms with Crippen LogP contribution in [0.1, 0.15) is 77.6 Å². The van der Waals surface area contributed by atoms with Gasteiger partial charge in [0.05, 0.1) is 18.3 Å². The molecule has 5 heteroatoms. The molecule has 0 aliphatic rings. The van der Waals surface area contributed by atoms with E-state index >= 15 is 0 Å². The minimum Gasteiger partial charge on any atom is -0.481 e. The van der Waals surface area contributed by atoms with Crippen molar-refractivity contribution in [2.45, 2.75) is 95.9 Å². The first-order valence-corrected chi connectivity index (χ1v) is 8.23. The maximum atomic E-state index is 10.3. The van der Waals surface area contributed by atoms with Crippen LogP contribution in [0.25, 0.3) is 0 Å². The number of aliphatic carboxylic acids is 1. The summed E-state index contributed by atoms with van der Waals surface area (Å²) in [6, 6.07) is 0. The fraction of sp³-hybridized carbons (Fsp3) is 0.938. The van der Waals surface area contributed by atoms with Crippen molar-refractivity contribution in [1.82, 2.24) is 0 Å². The molecule has 0 bridgehead atoms. The quantitative estimate of drug-likeness (QED) is 0.370. The predicted molar refractivity (Wildman–Crippen MR) is 82.1 cm³/mol. The zero-order chi connectivity index (χ0) is 16.1. The number of aliphatic hydroxyl groups is 3. The number of unbranched alkanes of at least 4 members (excludes halogenated alkanes) is 4. The van der Waals surface area contributed by atoms with Gasteiger partial charge in [0, 0.05) is 6.42 Å². The van der Waals surface area contributed by atoms with E-state index in [1.165, 1.54) is 0 Å². The van der Waals surface area contributed by atoms with Crippen molar-refractivity contribution >= 4 is 5.97 Å². The molecule has 0 aromatic carbocycles. The summed E-state index contributed by atoms with van der Waals surface area (Å²) in [5.41, 5.74) is 0. The fourth-order valence-electron chi connectivity index (χ4n) is 2.31. The van der Waals surface area contributed by atoms with Crippen molar-refractivity contribution in [3.63, 3.8) is 0 Å². The fourth-order valence-corrected chi connectivity index (χ4v) is 2.31. The molecule has 0 amide bonds. The van der Waals surface area contributed by atoms with Crippen LogP contribution in [0.4, 0.5) is 0 Å². The Morgan fingerprint density at radius 3 is 1.90 bits per heavy atom. The molecule has 3 unspecified atom stereocenters. The van der Waals surface area contributed by atoms with Gasteiger partial charge in [-0.15, -0.1) is 0 Å². The lowest BCUT2D eigenvalue weighted by Crippen LogP contribution is -2.26. The zero-order valence-electron chi connectivity index (χ0n) is 13.2. The molecule has 0 aliphatic carbocycles. The van der Waals surface area contributed by atoms with Gasteiger partial charge in [-0.2, -0.15) is 0 Å². The maximum absolute atomic E-state index is 10.3. The first kappa shape index (κ1) is 20.3. The Morgan fingerprint density at radius 2 is 1.33 bits per heavy atom. The summed E-state index contributed by atoms with van der Waals surface area (Å²) in [7, 11) is 0. The Hall–Kier alpha value is -0.650. The number of carbonyl (C=O) groups is 1. The SMILES string of the molecule is CCC(O)CCCC(O)C(O)CCCCCCCC(=O)O. The average molecular weight is 304 g/mol. The second-order valence-corrected chi connectivity index (χ2v) is 5.83. The molecule has 0 aromatic heterocycles. The van der Waals surface area contributed by atoms with Crippen molar-refractivity contribution < 1.29 is 25.2 Å². The van der Waals surface area contributed by atoms with Gasteiger partial charge in [0.1, 0.15) is 0 Å². The summed E-state index contributed by atoms with van der Waals surface area (Å²) in [6.45, 7) is 1.92. The minimum absolute atomic E-state index is 0.227. The van der Waals surface area contributed by atoms with Crippen LogP contribution in [0.2, 0.25) is 0 Å². The van der Waals surface area contributed by atoms with Crippen LogP contribution in [-0.2, 0) is 4.79 Å². The molecule has 0 spiro atoms. The Labute approximate surface area is 128 Å². The highest BCUT2D eigenvalue weighted by atomic mass is 16.4. The third-order valence-corrected chi connectivity index (χ3v) is 3.84. The van der Waals surface area contributed by atoms with Gasteiger partial charge in [0.25, 0.3) is 0 Å². The molecule has 0 saturated heterocycles. The van der Waals surface area contributed by atoms with E-state index in [-0.39, 0.29) is 12.5 Å². The molecule has 0 radical (unpaired) electrons. The Bertz CT molecular complexity index is 257. The smallest absolute Gasteiger partial charge is 0.303 e. The normalized spacial score (nSPS) is 15.6. The highest BCUT2D eigenvalue weighted by Gasteiger charge is 2.15. The number of hydrogen-bond donors (Lipinski definition) is 4. The molecular formula is C16H32O5. The minimum atomic E-state index is -0.748. The maximum Gasteiger partial charge on any atom is 0.303 e. The lowest BCUT2D eigenvalue weighted by atomic mass is 9.99. The third-order valence-electron chi connectivity index (χ3n) is 3.84. The summed E-state index contributed by atoms with van der Waals surface area (Å²) in [4.78, 5) is 10.3. The number of carboxylic acid groups (broad SMARTS) is 1. The highest BCUT2D eigenvalue weighted by Crippen LogP contribution is 2.14. The Balaban J connectivity index is 3.46. The van der Waals surface area contributed by atoms with Crippen LogP contribution in [0.5, 0.6) is 0 Å². The number of hydrogen-bond acceptors (Lipinski definition) is 4. The van der Waals surface area contributed by atoms with Gasteiger partial charge in [-0.1, -0.05) is 32.6 Å². The molecule has 3 atom stereocenters. The summed E-state index contributed by atoms with van der Waals surface area (Å²) < 4.78 is 0. The first-order chi connectivity index (χ1) is 9.97. The van der Waals surface area contributed by atoms with Crippen molar-refractivity contribution in [2.75, 3.05) is 0 Å². The van der Waals surface area contributed by atoms with Gasteiger partial charge < -0.3 is 20.4 Å². The predicted octanol–water partition coefficient (Wildman–Crippen LogP) is 2.46. The van der Waals surface area contributed by atoms with Gasteiger partial charge >= 0.3 is 5.97 Å². The van der Waals surface area contributed by atoms with Crippen LogP contribution >= 0.6 is 0 Å². The molecule has 0 aliphatic heterocycles. The number of carboxylic acids is 1. The van der Waals surface area contributed by atoms with Gasteiger partial charge in [0.2, 0.25) is 0 Å². The van der Waals surface area contributed by atoms with Crippen LogP contribution in [-0.4, -0.2) is 44.7 Å². The van der Waals surface area contributed by atoms with E-state index < -0.39 is 18.2 Å². The van der Waals surface area contributed by atoms with Crippen molar-refractivity contribution in [3.8, 4) is 0 Å². The summed E-state index contributed by atoms with van der Waals surface area (Å²) in [5.74, 6) is -0.748. The topological polar surface area (TPSA) is 98.0 Å². The van der Waals surface area contributed by atoms with E-state index in [9.17, 15) is 20.1 Å². The van der Waals surface area contributed by atoms with E-state index in [4.69, 9.17) is 5.11 Å². The first-order valence-electron chi connectivity index (χ1n) is 8.23. The van der Waals surface area contributed by atoms with E-state index in [0.717, 1.165) is 38.5 Å². The number of aliphatic hydroxyl groups excluding tert-OH is 3. The van der Waals surface area contributed by atoms with Crippen molar-refractivity contribution in [2.24, 2.45) is 0 Å². The zero-order valence-corrected chi connectivity index (χ0v) is 13.2. The van der Waals surface area contributed by atoms with E-state index in [1.807, 2.05) is 6.92 Å². The Kier molecular flexibility index (Phi) is 12.6. The molecule has 5 nitrogen and oxygen atoms in total. The van der Waals surface area contributed by atoms with Gasteiger partial charge in [-0.05, 0) is 38.5 Å². The van der Waals surface area contributed by atoms with E-state index in [2.05, 4.69) is 0 Å². The summed E-state index contributed by atoms with van der Waals surface area (Å²) >= 11 is 0. The van der Waals surface area contributed by atoms with E-state index in [0.29, 0.717) is 25.7 Å². The lowest BCUT2D eigenvalue weighted by molar-refractivity contribution is -0.137. The van der Waals surface area contributed by atoms with Crippen LogP contribution < -0.4 is 0 Å². The lowest BCUT2D eigenvalue weighted by Gasteiger charge is -2.18. The standard InChI is InChI=1S/C16H32O5/c1-2-13(17)9-8-11-15(19)14(18)10-6-4-3-5-7-12-16(20)21/h13-15,17-19H,2-12H2,1H3,(H,20,21). The molecule has 0 heterocycles. The summed E-state index contributed by atoms with van der Waals surface area (Å²) in [6.07, 6.45) is 6.13. The van der Waals surface area contributed by atoms with Crippen molar-refractivity contribution in [3.05, 3.63) is 0 Å². The number of rotatable bonds is 14. The van der Waals surface area contributed by atoms with E-state index in [1.54, 1.807) is 0 Å². The van der Waals surface area contributed by atoms with Crippen molar-refractivity contribution in [1.29, 1.82) is 0 Å². The van der Waals surface area contributed by atoms with Gasteiger partial charge in [-0.25, -0.2) is 0 Å². The molecular weight excluding hydrogens is 272 g/mol. The van der Waals surface area contributed by atoms with Crippen LogP contribution in [0, 0.1) is 0 Å². The van der Waals surface area contributed by atoms with Crippen LogP contribution in [0.3, 0.4) is 0 Å². The Morgan fingerprint density at radius 1 is 0.810 bits per heavy atom. The monoisotopic (exact) mass is 304 g/mol. The van der Waals surface area contributed by atoms with Crippen LogP contribution in [0.15, 0.2) is 0 Å². The highest BCUT2D eigenvalue weighted by molar-refractivity contribution is 5.66. The average Bonchev–Trinajstić information content (AvgIpc) is 2.45.